The average Bonchev–Trinajstić information content (AvgIpc) is 1.63. The molecule has 12 rings (SSSR count). The lowest BCUT2D eigenvalue weighted by molar-refractivity contribution is -1.11. The van der Waals surface area contributed by atoms with Gasteiger partial charge in [-0.3, -0.25) is 14.7 Å². The van der Waals surface area contributed by atoms with E-state index in [-0.39, 0.29) is 22.0 Å². The molecule has 12 aliphatic rings. The molecule has 12 fully saturated rings. The SMILES string of the molecule is CC(C)(C)CN1C2CCCC1CC2.CC(C)(C)CN1CC2(COC2)C1.CC(C)(C)CN1CC2CCC1C2.CC(C)(C)CN1CCC2(CC1)COC2.CC(C)(C)CN1CCS(=O)(=O)CC1.CC(C)(C)CN1CCSCC1.CC(C)(C)CN1CC[S+](O)CC1.CC(C)(C)C[N+]1(O)CCCCC1. The summed E-state index contributed by atoms with van der Waals surface area (Å²) < 4.78 is 42.5. The van der Waals surface area contributed by atoms with Crippen molar-refractivity contribution in [2.24, 2.45) is 60.1 Å². The second-order valence-electron chi connectivity index (χ2n) is 43.4. The van der Waals surface area contributed by atoms with Gasteiger partial charge in [0.15, 0.2) is 21.3 Å². The van der Waals surface area contributed by atoms with Crippen LogP contribution in [0.2, 0.25) is 0 Å². The van der Waals surface area contributed by atoms with Gasteiger partial charge in [0, 0.05) is 151 Å². The highest BCUT2D eigenvalue weighted by Crippen LogP contribution is 2.42. The van der Waals surface area contributed by atoms with Crippen LogP contribution in [0.3, 0.4) is 0 Å². The van der Waals surface area contributed by atoms with E-state index in [0.29, 0.717) is 72.6 Å². The second kappa shape index (κ2) is 38.5. The molecule has 2 spiro atoms. The van der Waals surface area contributed by atoms with E-state index in [4.69, 9.17) is 9.47 Å². The maximum atomic E-state index is 11.1. The van der Waals surface area contributed by atoms with Gasteiger partial charge in [-0.2, -0.15) is 21.0 Å². The lowest BCUT2D eigenvalue weighted by Crippen LogP contribution is -2.66. The Kier molecular flexibility index (Phi) is 34.9. The molecule has 4 unspecified atom stereocenters. The number of likely N-dealkylation sites (tertiary alicyclic amines) is 4. The summed E-state index contributed by atoms with van der Waals surface area (Å²) in [6.07, 6.45) is 18.2. The number of ether oxygens (including phenoxy) is 2. The molecule has 0 aromatic rings. The second-order valence-corrected chi connectivity index (χ2v) is 48.6. The van der Waals surface area contributed by atoms with Crippen LogP contribution in [0.4, 0.5) is 0 Å². The monoisotopic (exact) mass is 1460 g/mol. The predicted octanol–water partition coefficient (Wildman–Crippen LogP) is 15.8. The quantitative estimate of drug-likeness (QED) is 0.177. The molecule has 11 heterocycles. The zero-order chi connectivity index (χ0) is 74.2. The Balaban J connectivity index is 0.000000204. The number of thioether (sulfide) groups is 1. The van der Waals surface area contributed by atoms with Crippen LogP contribution in [-0.2, 0) is 30.5 Å². The molecule has 4 atom stereocenters. The largest absolute Gasteiger partial charge is 0.380 e. The molecule has 11 saturated heterocycles. The van der Waals surface area contributed by atoms with Gasteiger partial charge in [0.25, 0.3) is 0 Å². The van der Waals surface area contributed by atoms with Crippen LogP contribution in [0, 0.1) is 60.1 Å². The highest BCUT2D eigenvalue weighted by molar-refractivity contribution is 7.99. The summed E-state index contributed by atoms with van der Waals surface area (Å²) in [4.78, 5) is 17.9. The zero-order valence-electron chi connectivity index (χ0n) is 69.8. The Labute approximate surface area is 621 Å². The number of quaternary nitrogens is 1. The minimum atomic E-state index is -2.71. The summed E-state index contributed by atoms with van der Waals surface area (Å²) in [5, 5.41) is 10.1. The number of hydroxylamine groups is 3. The van der Waals surface area contributed by atoms with E-state index < -0.39 is 9.84 Å². The predicted molar refractivity (Wildman–Crippen MR) is 430 cm³/mol. The van der Waals surface area contributed by atoms with Crippen molar-refractivity contribution in [1.29, 1.82) is 0 Å². The standard InChI is InChI=1S/C12H23NO.C12H23N.C11H21N.C10H19NO.C10H22NO.C9H19NO2S.C9H20NOS.C9H19NS/c1-11(2,3)8-13-6-4-12(5-7-13)9-14-10-12;1-12(2,3)9-13-10-5-4-6-11(13)8-7-10;1-11(2,3)8-12-7-9-4-5-10(12)6-9;1-9(2,3)4-11-5-10(6-11)7-12-8-10;1-10(2,3)9-11(12)7-5-4-6-8-11;1-9(2,3)8-10-4-6-13(11,12)7-5-10;1-9(2,3)8-10-4-6-12(11)7-5-10;1-9(2,3)8-10-4-6-11-7-5-10/h4-10H2,1-3H3;10-11H,4-9H2,1-3H3;9-10H,4-8H2,1-3H3;4-8H2,1-3H3;12H,4-9H2,1-3H3;4-8H2,1-3H3;11H,4-8H2,1-3H3;4-8H2,1-3H3/q;;;;+1;;+1;. The minimum absolute atomic E-state index is 0.242. The van der Waals surface area contributed by atoms with E-state index >= 15 is 0 Å². The number of rotatable bonds is 8. The van der Waals surface area contributed by atoms with Crippen molar-refractivity contribution in [1.82, 2.24) is 34.3 Å². The molecule has 14 nitrogen and oxygen atoms in total. The van der Waals surface area contributed by atoms with Gasteiger partial charge in [-0.05, 0) is 134 Å². The number of hydrogen-bond donors (Lipinski definition) is 2. The Bertz CT molecular complexity index is 2320. The molecule has 11 aliphatic heterocycles. The minimum Gasteiger partial charge on any atom is -0.380 e. The van der Waals surface area contributed by atoms with E-state index in [1.165, 1.54) is 174 Å². The van der Waals surface area contributed by atoms with Gasteiger partial charge in [-0.15, -0.1) is 0 Å². The van der Waals surface area contributed by atoms with Gasteiger partial charge in [0.05, 0.1) is 37.9 Å². The molecule has 1 saturated carbocycles. The Morgan fingerprint density at radius 2 is 0.838 bits per heavy atom. The molecular weight excluding hydrogens is 1290 g/mol. The smallest absolute Gasteiger partial charge is 0.153 e. The van der Waals surface area contributed by atoms with Crippen molar-refractivity contribution >= 4 is 32.8 Å². The van der Waals surface area contributed by atoms with Crippen LogP contribution in [0.15, 0.2) is 0 Å². The number of piperidine rings is 4. The van der Waals surface area contributed by atoms with Crippen molar-refractivity contribution in [3.63, 3.8) is 0 Å². The summed E-state index contributed by atoms with van der Waals surface area (Å²) in [6.45, 7) is 82.8. The summed E-state index contributed by atoms with van der Waals surface area (Å²) in [7, 11) is -2.71. The van der Waals surface area contributed by atoms with Gasteiger partial charge >= 0.3 is 0 Å². The van der Waals surface area contributed by atoms with Crippen molar-refractivity contribution in [3.8, 4) is 0 Å². The van der Waals surface area contributed by atoms with Crippen LogP contribution in [0.1, 0.15) is 250 Å². The fraction of sp³-hybridized carbons (Fsp3) is 1.00. The third kappa shape index (κ3) is 37.7. The molecular formula is C82H166N8O6S3+2. The molecule has 4 bridgehead atoms. The van der Waals surface area contributed by atoms with E-state index in [1.807, 2.05) is 0 Å². The van der Waals surface area contributed by atoms with Crippen LogP contribution in [-0.4, -0.2) is 274 Å². The maximum absolute atomic E-state index is 11.1. The molecule has 586 valence electrons. The third-order valence-corrected chi connectivity index (χ3v) is 25.0. The highest BCUT2D eigenvalue weighted by atomic mass is 32.2. The first-order valence-corrected chi connectivity index (χ1v) is 44.8. The van der Waals surface area contributed by atoms with E-state index in [9.17, 15) is 18.2 Å². The Morgan fingerprint density at radius 1 is 0.444 bits per heavy atom. The topological polar surface area (TPSA) is 116 Å². The molecule has 0 aromatic carbocycles. The number of fused-ring (bicyclic) bond motifs is 4. The van der Waals surface area contributed by atoms with Crippen LogP contribution < -0.4 is 0 Å². The van der Waals surface area contributed by atoms with E-state index in [1.54, 1.807) is 0 Å². The first-order valence-electron chi connectivity index (χ1n) is 40.3. The first-order chi connectivity index (χ1) is 45.3. The molecule has 99 heavy (non-hydrogen) atoms. The van der Waals surface area contributed by atoms with E-state index in [2.05, 4.69) is 212 Å². The zero-order valence-corrected chi connectivity index (χ0v) is 72.2. The molecule has 0 aromatic heterocycles. The summed E-state index contributed by atoms with van der Waals surface area (Å²) in [6, 6.07) is 2.84. The Morgan fingerprint density at radius 3 is 1.21 bits per heavy atom. The van der Waals surface area contributed by atoms with Crippen LogP contribution in [0.5, 0.6) is 0 Å². The van der Waals surface area contributed by atoms with Crippen LogP contribution in [0.25, 0.3) is 0 Å². The maximum Gasteiger partial charge on any atom is 0.153 e. The van der Waals surface area contributed by atoms with Crippen molar-refractivity contribution in [2.45, 2.75) is 268 Å². The molecule has 2 N–H and O–H groups in total. The summed E-state index contributed by atoms with van der Waals surface area (Å²) >= 11 is 1.80. The average molecular weight is 1460 g/mol. The molecule has 0 radical (unpaired) electrons. The lowest BCUT2D eigenvalue weighted by Gasteiger charge is -2.56. The Hall–Kier alpha value is 0.170. The van der Waals surface area contributed by atoms with Crippen LogP contribution >= 0.6 is 11.8 Å². The van der Waals surface area contributed by atoms with Gasteiger partial charge in [0.2, 0.25) is 0 Å². The highest BCUT2D eigenvalue weighted by Gasteiger charge is 2.49. The third-order valence-electron chi connectivity index (χ3n) is 21.1. The number of nitrogens with zero attached hydrogens (tertiary/aromatic N) is 8. The summed E-state index contributed by atoms with van der Waals surface area (Å²) in [5.74, 6) is 6.35. The number of hydrogen-bond acceptors (Lipinski definition) is 14. The van der Waals surface area contributed by atoms with Gasteiger partial charge < -0.3 is 29.1 Å². The fourth-order valence-electron chi connectivity index (χ4n) is 17.3. The molecule has 1 aliphatic carbocycles. The van der Waals surface area contributed by atoms with Crippen molar-refractivity contribution in [2.75, 3.05) is 198 Å². The van der Waals surface area contributed by atoms with E-state index in [0.717, 1.165) is 108 Å². The normalized spacial score (nSPS) is 27.7. The summed E-state index contributed by atoms with van der Waals surface area (Å²) in [5.41, 5.74) is 4.43. The molecule has 17 heteroatoms. The van der Waals surface area contributed by atoms with Crippen molar-refractivity contribution in [3.05, 3.63) is 0 Å². The fourth-order valence-corrected chi connectivity index (χ4v) is 20.7. The van der Waals surface area contributed by atoms with Gasteiger partial charge in [-0.1, -0.05) is 173 Å². The molecule has 0 amide bonds. The number of sulfone groups is 1. The van der Waals surface area contributed by atoms with Gasteiger partial charge in [0.1, 0.15) is 30.8 Å². The first kappa shape index (κ1) is 89.8. The van der Waals surface area contributed by atoms with Gasteiger partial charge in [-0.25, -0.2) is 13.6 Å². The lowest BCUT2D eigenvalue weighted by atomic mass is 9.76. The van der Waals surface area contributed by atoms with Crippen molar-refractivity contribution < 1.29 is 32.3 Å².